The highest BCUT2D eigenvalue weighted by Crippen LogP contribution is 2.15. The van der Waals surface area contributed by atoms with Crippen molar-refractivity contribution < 1.29 is 9.53 Å². The SMILES string of the molecule is CC(C)(C)N(CCNc1ccn[nH]1)C(=O)OCc1ccccc1. The molecule has 0 aliphatic heterocycles. The van der Waals surface area contributed by atoms with Crippen molar-refractivity contribution in [1.29, 1.82) is 0 Å². The molecule has 0 spiro atoms. The Morgan fingerprint density at radius 1 is 1.26 bits per heavy atom. The van der Waals surface area contributed by atoms with Gasteiger partial charge >= 0.3 is 6.09 Å². The second-order valence-corrected chi connectivity index (χ2v) is 6.26. The number of benzene rings is 1. The van der Waals surface area contributed by atoms with Gasteiger partial charge in [0.2, 0.25) is 0 Å². The van der Waals surface area contributed by atoms with E-state index in [-0.39, 0.29) is 18.2 Å². The van der Waals surface area contributed by atoms with Crippen molar-refractivity contribution in [2.75, 3.05) is 18.4 Å². The molecule has 0 aliphatic rings. The van der Waals surface area contributed by atoms with E-state index in [1.54, 1.807) is 11.1 Å². The molecule has 0 atom stereocenters. The van der Waals surface area contributed by atoms with Crippen molar-refractivity contribution in [2.24, 2.45) is 0 Å². The first-order valence-corrected chi connectivity index (χ1v) is 7.68. The van der Waals surface area contributed by atoms with Crippen molar-refractivity contribution in [3.63, 3.8) is 0 Å². The van der Waals surface area contributed by atoms with Crippen LogP contribution in [0.2, 0.25) is 0 Å². The van der Waals surface area contributed by atoms with Crippen LogP contribution >= 0.6 is 0 Å². The minimum Gasteiger partial charge on any atom is -0.445 e. The van der Waals surface area contributed by atoms with Crippen LogP contribution in [0.1, 0.15) is 26.3 Å². The summed E-state index contributed by atoms with van der Waals surface area (Å²) in [7, 11) is 0. The highest BCUT2D eigenvalue weighted by atomic mass is 16.6. The smallest absolute Gasteiger partial charge is 0.410 e. The monoisotopic (exact) mass is 316 g/mol. The van der Waals surface area contributed by atoms with Gasteiger partial charge in [0, 0.05) is 18.6 Å². The van der Waals surface area contributed by atoms with Crippen LogP contribution in [0.4, 0.5) is 10.6 Å². The van der Waals surface area contributed by atoms with Crippen molar-refractivity contribution >= 4 is 11.9 Å². The highest BCUT2D eigenvalue weighted by molar-refractivity contribution is 5.68. The molecular formula is C17H24N4O2. The molecule has 0 saturated heterocycles. The second-order valence-electron chi connectivity index (χ2n) is 6.26. The van der Waals surface area contributed by atoms with Gasteiger partial charge < -0.3 is 15.0 Å². The molecule has 0 bridgehead atoms. The number of carbonyl (C=O) groups is 1. The van der Waals surface area contributed by atoms with Gasteiger partial charge in [-0.05, 0) is 32.4 Å². The predicted octanol–water partition coefficient (Wildman–Crippen LogP) is 3.26. The molecule has 0 unspecified atom stereocenters. The number of hydrogen-bond donors (Lipinski definition) is 2. The van der Waals surface area contributed by atoms with E-state index in [0.29, 0.717) is 13.1 Å². The Labute approximate surface area is 136 Å². The number of ether oxygens (including phenoxy) is 1. The van der Waals surface area contributed by atoms with E-state index < -0.39 is 0 Å². The molecule has 1 heterocycles. The van der Waals surface area contributed by atoms with Gasteiger partial charge in [-0.3, -0.25) is 5.10 Å². The summed E-state index contributed by atoms with van der Waals surface area (Å²) in [4.78, 5) is 14.1. The van der Waals surface area contributed by atoms with Crippen molar-refractivity contribution in [3.8, 4) is 0 Å². The number of aromatic nitrogens is 2. The molecule has 1 aromatic carbocycles. The topological polar surface area (TPSA) is 70.2 Å². The van der Waals surface area contributed by atoms with E-state index in [9.17, 15) is 4.79 Å². The Kier molecular flexibility index (Phi) is 5.62. The molecule has 23 heavy (non-hydrogen) atoms. The van der Waals surface area contributed by atoms with Gasteiger partial charge in [-0.15, -0.1) is 0 Å². The van der Waals surface area contributed by atoms with E-state index in [2.05, 4.69) is 15.5 Å². The van der Waals surface area contributed by atoms with Crippen LogP contribution in [0.25, 0.3) is 0 Å². The number of anilines is 1. The molecule has 6 heteroatoms. The maximum absolute atomic E-state index is 12.4. The van der Waals surface area contributed by atoms with Crippen LogP contribution in [0.3, 0.4) is 0 Å². The van der Waals surface area contributed by atoms with E-state index in [1.165, 1.54) is 0 Å². The lowest BCUT2D eigenvalue weighted by atomic mass is 10.1. The summed E-state index contributed by atoms with van der Waals surface area (Å²) in [6.45, 7) is 7.41. The van der Waals surface area contributed by atoms with Crippen molar-refractivity contribution in [3.05, 3.63) is 48.2 Å². The summed E-state index contributed by atoms with van der Waals surface area (Å²) in [5.74, 6) is 0.830. The lowest BCUT2D eigenvalue weighted by Gasteiger charge is -2.34. The molecule has 2 N–H and O–H groups in total. The third kappa shape index (κ3) is 5.32. The molecule has 1 amide bonds. The summed E-state index contributed by atoms with van der Waals surface area (Å²) < 4.78 is 5.44. The van der Waals surface area contributed by atoms with Gasteiger partial charge in [0.05, 0.1) is 6.20 Å². The number of hydrogen-bond acceptors (Lipinski definition) is 4. The zero-order valence-electron chi connectivity index (χ0n) is 13.9. The first-order chi connectivity index (χ1) is 11.0. The van der Waals surface area contributed by atoms with Crippen LogP contribution in [-0.4, -0.2) is 39.8 Å². The van der Waals surface area contributed by atoms with E-state index in [1.807, 2.05) is 57.2 Å². The number of nitrogens with one attached hydrogen (secondary N) is 2. The lowest BCUT2D eigenvalue weighted by molar-refractivity contribution is 0.0648. The summed E-state index contributed by atoms with van der Waals surface area (Å²) in [6, 6.07) is 11.5. The third-order valence-corrected chi connectivity index (χ3v) is 3.39. The Balaban J connectivity index is 1.87. The average molecular weight is 316 g/mol. The molecule has 2 aromatic rings. The van der Waals surface area contributed by atoms with Crippen LogP contribution in [-0.2, 0) is 11.3 Å². The predicted molar refractivity (Wildman–Crippen MR) is 90.2 cm³/mol. The number of rotatable bonds is 6. The van der Waals surface area contributed by atoms with Gasteiger partial charge in [-0.2, -0.15) is 5.10 Å². The van der Waals surface area contributed by atoms with Gasteiger partial charge in [-0.25, -0.2) is 4.79 Å². The fourth-order valence-corrected chi connectivity index (χ4v) is 2.15. The molecule has 0 fully saturated rings. The van der Waals surface area contributed by atoms with Crippen molar-refractivity contribution in [1.82, 2.24) is 15.1 Å². The van der Waals surface area contributed by atoms with Gasteiger partial charge in [0.1, 0.15) is 12.4 Å². The molecule has 2 rings (SSSR count). The number of H-pyrrole nitrogens is 1. The lowest BCUT2D eigenvalue weighted by Crippen LogP contribution is -2.48. The van der Waals surface area contributed by atoms with Gasteiger partial charge in [-0.1, -0.05) is 30.3 Å². The number of carbonyl (C=O) groups excluding carboxylic acids is 1. The normalized spacial score (nSPS) is 11.1. The maximum Gasteiger partial charge on any atom is 0.410 e. The largest absolute Gasteiger partial charge is 0.445 e. The van der Waals surface area contributed by atoms with Crippen LogP contribution in [0, 0.1) is 0 Å². The zero-order valence-corrected chi connectivity index (χ0v) is 13.9. The molecule has 1 aromatic heterocycles. The van der Waals surface area contributed by atoms with E-state index >= 15 is 0 Å². The quantitative estimate of drug-likeness (QED) is 0.858. The summed E-state index contributed by atoms with van der Waals surface area (Å²) >= 11 is 0. The Bertz CT molecular complexity index is 591. The minimum atomic E-state index is -0.316. The first-order valence-electron chi connectivity index (χ1n) is 7.68. The molecule has 0 aliphatic carbocycles. The zero-order chi connectivity index (χ0) is 16.7. The summed E-state index contributed by atoms with van der Waals surface area (Å²) in [5.41, 5.74) is 0.661. The number of aromatic amines is 1. The van der Waals surface area contributed by atoms with E-state index in [4.69, 9.17) is 4.74 Å². The van der Waals surface area contributed by atoms with Crippen molar-refractivity contribution in [2.45, 2.75) is 32.9 Å². The average Bonchev–Trinajstić information content (AvgIpc) is 3.02. The minimum absolute atomic E-state index is 0.278. The Morgan fingerprint density at radius 3 is 2.61 bits per heavy atom. The third-order valence-electron chi connectivity index (χ3n) is 3.39. The maximum atomic E-state index is 12.4. The first kappa shape index (κ1) is 16.9. The fourth-order valence-electron chi connectivity index (χ4n) is 2.15. The fraction of sp³-hybridized carbons (Fsp3) is 0.412. The molecule has 0 saturated carbocycles. The Morgan fingerprint density at radius 2 is 2.00 bits per heavy atom. The van der Waals surface area contributed by atoms with Gasteiger partial charge in [0.25, 0.3) is 0 Å². The van der Waals surface area contributed by atoms with Crippen LogP contribution in [0.5, 0.6) is 0 Å². The summed E-state index contributed by atoms with van der Waals surface area (Å²) in [5, 5.41) is 9.89. The Hall–Kier alpha value is -2.50. The molecular weight excluding hydrogens is 292 g/mol. The van der Waals surface area contributed by atoms with Crippen LogP contribution in [0.15, 0.2) is 42.6 Å². The molecule has 124 valence electrons. The molecule has 0 radical (unpaired) electrons. The second kappa shape index (κ2) is 7.67. The number of amides is 1. The van der Waals surface area contributed by atoms with Crippen LogP contribution < -0.4 is 5.32 Å². The summed E-state index contributed by atoms with van der Waals surface area (Å²) in [6.07, 6.45) is 1.37. The van der Waals surface area contributed by atoms with Gasteiger partial charge in [0.15, 0.2) is 0 Å². The number of nitrogens with zero attached hydrogens (tertiary/aromatic N) is 2. The standard InChI is InChI=1S/C17H24N4O2/c1-17(2,3)21(12-11-18-15-9-10-19-20-15)16(22)23-13-14-7-5-4-6-8-14/h4-10H,11-13H2,1-3H3,(H2,18,19,20). The molecule has 6 nitrogen and oxygen atoms in total. The van der Waals surface area contributed by atoms with E-state index in [0.717, 1.165) is 11.4 Å². The highest BCUT2D eigenvalue weighted by Gasteiger charge is 2.27.